The molecule has 0 aliphatic rings. The van der Waals surface area contributed by atoms with E-state index in [0.717, 1.165) is 45.2 Å². The van der Waals surface area contributed by atoms with Crippen molar-refractivity contribution < 1.29 is 0 Å². The SMILES string of the molecule is CCN(C)CCNC(=NC)NCC(c1ccccc1)N(CC)CC.I. The number of hydrogen-bond donors (Lipinski definition) is 2. The summed E-state index contributed by atoms with van der Waals surface area (Å²) in [5.41, 5.74) is 1.34. The lowest BCUT2D eigenvalue weighted by Gasteiger charge is -2.31. The maximum absolute atomic E-state index is 4.34. The Hall–Kier alpha value is -0.860. The van der Waals surface area contributed by atoms with Gasteiger partial charge in [0.15, 0.2) is 5.96 Å². The third-order valence-corrected chi connectivity index (χ3v) is 4.45. The number of nitrogens with zero attached hydrogens (tertiary/aromatic N) is 3. The van der Waals surface area contributed by atoms with Gasteiger partial charge in [-0.15, -0.1) is 24.0 Å². The molecular formula is C19H36IN5. The quantitative estimate of drug-likeness (QED) is 0.320. The van der Waals surface area contributed by atoms with Gasteiger partial charge in [-0.1, -0.05) is 51.1 Å². The Kier molecular flexibility index (Phi) is 13.8. The molecule has 0 bridgehead atoms. The van der Waals surface area contributed by atoms with Gasteiger partial charge in [-0.2, -0.15) is 0 Å². The van der Waals surface area contributed by atoms with E-state index in [2.05, 4.69) is 83.6 Å². The molecular weight excluding hydrogens is 425 g/mol. The van der Waals surface area contributed by atoms with Crippen LogP contribution < -0.4 is 10.6 Å². The van der Waals surface area contributed by atoms with Crippen LogP contribution >= 0.6 is 24.0 Å². The highest BCUT2D eigenvalue weighted by atomic mass is 127. The zero-order valence-corrected chi connectivity index (χ0v) is 18.8. The molecule has 0 aromatic heterocycles. The highest BCUT2D eigenvalue weighted by Crippen LogP contribution is 2.19. The molecule has 0 amide bonds. The summed E-state index contributed by atoms with van der Waals surface area (Å²) < 4.78 is 0. The molecule has 1 unspecified atom stereocenters. The van der Waals surface area contributed by atoms with E-state index in [4.69, 9.17) is 0 Å². The summed E-state index contributed by atoms with van der Waals surface area (Å²) in [4.78, 5) is 9.10. The van der Waals surface area contributed by atoms with E-state index >= 15 is 0 Å². The molecule has 0 saturated carbocycles. The lowest BCUT2D eigenvalue weighted by molar-refractivity contribution is 0.219. The van der Waals surface area contributed by atoms with Crippen molar-refractivity contribution in [2.24, 2.45) is 4.99 Å². The van der Waals surface area contributed by atoms with Crippen LogP contribution in [-0.2, 0) is 0 Å². The van der Waals surface area contributed by atoms with Crippen LogP contribution in [0.1, 0.15) is 32.4 Å². The summed E-state index contributed by atoms with van der Waals surface area (Å²) >= 11 is 0. The second-order valence-corrected chi connectivity index (χ2v) is 5.92. The van der Waals surface area contributed by atoms with Gasteiger partial charge in [-0.25, -0.2) is 0 Å². The largest absolute Gasteiger partial charge is 0.355 e. The van der Waals surface area contributed by atoms with Crippen molar-refractivity contribution in [3.8, 4) is 0 Å². The van der Waals surface area contributed by atoms with Gasteiger partial charge in [0.1, 0.15) is 0 Å². The van der Waals surface area contributed by atoms with Crippen molar-refractivity contribution in [2.75, 3.05) is 53.4 Å². The molecule has 5 nitrogen and oxygen atoms in total. The molecule has 6 heteroatoms. The van der Waals surface area contributed by atoms with Gasteiger partial charge < -0.3 is 15.5 Å². The molecule has 2 N–H and O–H groups in total. The van der Waals surface area contributed by atoms with Gasteiger partial charge in [0, 0.05) is 26.7 Å². The summed E-state index contributed by atoms with van der Waals surface area (Å²) in [5, 5.41) is 6.88. The van der Waals surface area contributed by atoms with Crippen LogP contribution in [0.5, 0.6) is 0 Å². The first-order valence-corrected chi connectivity index (χ1v) is 9.08. The van der Waals surface area contributed by atoms with Crippen LogP contribution in [0.4, 0.5) is 0 Å². The maximum atomic E-state index is 4.34. The van der Waals surface area contributed by atoms with Gasteiger partial charge in [0.25, 0.3) is 0 Å². The van der Waals surface area contributed by atoms with E-state index in [0.29, 0.717) is 6.04 Å². The summed E-state index contributed by atoms with van der Waals surface area (Å²) in [7, 11) is 3.96. The second-order valence-electron chi connectivity index (χ2n) is 5.92. The van der Waals surface area contributed by atoms with E-state index in [1.807, 2.05) is 7.05 Å². The summed E-state index contributed by atoms with van der Waals surface area (Å²) in [5.74, 6) is 0.868. The predicted molar refractivity (Wildman–Crippen MR) is 120 cm³/mol. The van der Waals surface area contributed by atoms with Crippen LogP contribution in [0.25, 0.3) is 0 Å². The normalized spacial score (nSPS) is 12.8. The molecule has 144 valence electrons. The van der Waals surface area contributed by atoms with E-state index in [1.165, 1.54) is 5.56 Å². The van der Waals surface area contributed by atoms with Crippen molar-refractivity contribution in [3.05, 3.63) is 35.9 Å². The lowest BCUT2D eigenvalue weighted by Crippen LogP contribution is -2.44. The standard InChI is InChI=1S/C19H35N5.HI/c1-6-23(5)15-14-21-19(20-4)22-16-18(24(7-2)8-3)17-12-10-9-11-13-17;/h9-13,18H,6-8,14-16H2,1-5H3,(H2,20,21,22);1H. The first-order chi connectivity index (χ1) is 11.7. The van der Waals surface area contributed by atoms with Crippen LogP contribution in [0.2, 0.25) is 0 Å². The third kappa shape index (κ3) is 8.87. The zero-order valence-electron chi connectivity index (χ0n) is 16.5. The monoisotopic (exact) mass is 461 g/mol. The maximum Gasteiger partial charge on any atom is 0.191 e. The Morgan fingerprint density at radius 1 is 1.04 bits per heavy atom. The van der Waals surface area contributed by atoms with Crippen molar-refractivity contribution in [1.29, 1.82) is 0 Å². The molecule has 25 heavy (non-hydrogen) atoms. The number of rotatable bonds is 10. The minimum Gasteiger partial charge on any atom is -0.355 e. The fraction of sp³-hybridized carbons (Fsp3) is 0.632. The summed E-state index contributed by atoms with van der Waals surface area (Å²) in [6.45, 7) is 12.5. The minimum atomic E-state index is 0. The van der Waals surface area contributed by atoms with Crippen LogP contribution in [0, 0.1) is 0 Å². The van der Waals surface area contributed by atoms with Crippen molar-refractivity contribution >= 4 is 29.9 Å². The molecule has 1 aromatic carbocycles. The smallest absolute Gasteiger partial charge is 0.191 e. The van der Waals surface area contributed by atoms with Gasteiger partial charge in [0.2, 0.25) is 0 Å². The van der Waals surface area contributed by atoms with Crippen LogP contribution in [-0.4, -0.2) is 69.1 Å². The Morgan fingerprint density at radius 2 is 1.68 bits per heavy atom. The Balaban J connectivity index is 0.00000576. The van der Waals surface area contributed by atoms with Crippen LogP contribution in [0.3, 0.4) is 0 Å². The summed E-state index contributed by atoms with van der Waals surface area (Å²) in [6.07, 6.45) is 0. The number of nitrogens with one attached hydrogen (secondary N) is 2. The molecule has 0 radical (unpaired) electrons. The van der Waals surface area contributed by atoms with Gasteiger partial charge in [-0.05, 0) is 32.2 Å². The molecule has 1 atom stereocenters. The first kappa shape index (κ1) is 24.1. The van der Waals surface area contributed by atoms with E-state index in [-0.39, 0.29) is 24.0 Å². The topological polar surface area (TPSA) is 42.9 Å². The molecule has 0 heterocycles. The Labute approximate surface area is 171 Å². The highest BCUT2D eigenvalue weighted by Gasteiger charge is 2.18. The average Bonchev–Trinajstić information content (AvgIpc) is 2.63. The number of aliphatic imine (C=N–C) groups is 1. The van der Waals surface area contributed by atoms with Crippen molar-refractivity contribution in [3.63, 3.8) is 0 Å². The zero-order chi connectivity index (χ0) is 17.8. The third-order valence-electron chi connectivity index (χ3n) is 4.45. The molecule has 0 aliphatic heterocycles. The minimum absolute atomic E-state index is 0. The molecule has 1 rings (SSSR count). The number of likely N-dealkylation sites (N-methyl/N-ethyl adjacent to an activating group) is 2. The van der Waals surface area contributed by atoms with Gasteiger partial charge in [0.05, 0.1) is 6.04 Å². The highest BCUT2D eigenvalue weighted by molar-refractivity contribution is 14.0. The van der Waals surface area contributed by atoms with E-state index < -0.39 is 0 Å². The van der Waals surface area contributed by atoms with Crippen LogP contribution in [0.15, 0.2) is 35.3 Å². The first-order valence-electron chi connectivity index (χ1n) is 9.08. The number of hydrogen-bond acceptors (Lipinski definition) is 3. The predicted octanol–water partition coefficient (Wildman–Crippen LogP) is 2.80. The molecule has 0 aliphatic carbocycles. The number of guanidine groups is 1. The Morgan fingerprint density at radius 3 is 2.20 bits per heavy atom. The Bertz CT molecular complexity index is 462. The second kappa shape index (κ2) is 14.3. The molecule has 0 spiro atoms. The molecule has 1 aromatic rings. The summed E-state index contributed by atoms with van der Waals surface area (Å²) in [6, 6.07) is 11.0. The van der Waals surface area contributed by atoms with Gasteiger partial charge in [-0.3, -0.25) is 9.89 Å². The number of benzene rings is 1. The lowest BCUT2D eigenvalue weighted by atomic mass is 10.1. The van der Waals surface area contributed by atoms with E-state index in [1.54, 1.807) is 0 Å². The molecule has 0 saturated heterocycles. The fourth-order valence-corrected chi connectivity index (χ4v) is 2.73. The van der Waals surface area contributed by atoms with Crippen molar-refractivity contribution in [1.82, 2.24) is 20.4 Å². The van der Waals surface area contributed by atoms with E-state index in [9.17, 15) is 0 Å². The molecule has 0 fully saturated rings. The fourth-order valence-electron chi connectivity index (χ4n) is 2.73. The number of halogens is 1. The van der Waals surface area contributed by atoms with Gasteiger partial charge >= 0.3 is 0 Å². The average molecular weight is 461 g/mol. The van der Waals surface area contributed by atoms with Crippen molar-refractivity contribution in [2.45, 2.75) is 26.8 Å².